The number of rotatable bonds is 5. The monoisotopic (exact) mass is 341 g/mol. The molecular formula is C18H23N5O2. The molecule has 1 aromatic carbocycles. The third-order valence-corrected chi connectivity index (χ3v) is 4.38. The summed E-state index contributed by atoms with van der Waals surface area (Å²) in [6.07, 6.45) is 2.39. The smallest absolute Gasteiger partial charge is 0.243 e. The van der Waals surface area contributed by atoms with Crippen molar-refractivity contribution in [3.05, 3.63) is 36.5 Å². The van der Waals surface area contributed by atoms with E-state index in [1.54, 1.807) is 12.3 Å². The Morgan fingerprint density at radius 1 is 1.24 bits per heavy atom. The number of hydrogen-bond donors (Lipinski definition) is 4. The van der Waals surface area contributed by atoms with Crippen molar-refractivity contribution in [1.82, 2.24) is 21.2 Å². The van der Waals surface area contributed by atoms with Crippen molar-refractivity contribution in [2.45, 2.75) is 32.4 Å². The molecule has 1 saturated heterocycles. The second-order valence-electron chi connectivity index (χ2n) is 6.57. The molecule has 4 N–H and O–H groups in total. The maximum Gasteiger partial charge on any atom is 0.243 e. The van der Waals surface area contributed by atoms with Crippen LogP contribution in [0.3, 0.4) is 0 Å². The average molecular weight is 341 g/mol. The number of para-hydroxylation sites is 1. The molecule has 1 aliphatic heterocycles. The number of fused-ring (bicyclic) bond motifs is 1. The fourth-order valence-corrected chi connectivity index (χ4v) is 2.88. The number of carbonyl (C=O) groups excluding carboxylic acids is 2. The molecule has 2 atom stereocenters. The summed E-state index contributed by atoms with van der Waals surface area (Å²) in [6, 6.07) is 9.31. The standard InChI is InChI=1S/C18H23N5O2/c1-11(2)14-9-15(23-22-14)18(25)20-10-16(24)21-13-7-3-5-12-6-4-8-19-17(12)13/h3-8,11,14-15,22-23H,9-10H2,1-2H3,(H,20,25)(H,21,24). The van der Waals surface area contributed by atoms with E-state index >= 15 is 0 Å². The van der Waals surface area contributed by atoms with Crippen LogP contribution in [0.2, 0.25) is 0 Å². The van der Waals surface area contributed by atoms with Gasteiger partial charge in [-0.25, -0.2) is 5.43 Å². The highest BCUT2D eigenvalue weighted by molar-refractivity contribution is 6.01. The Morgan fingerprint density at radius 2 is 2.04 bits per heavy atom. The predicted octanol–water partition coefficient (Wildman–Crippen LogP) is 1.18. The average Bonchev–Trinajstić information content (AvgIpc) is 3.10. The molecule has 2 heterocycles. The SMILES string of the molecule is CC(C)C1CC(C(=O)NCC(=O)Nc2cccc3cccnc23)NN1. The Labute approximate surface area is 146 Å². The van der Waals surface area contributed by atoms with Crippen LogP contribution in [0.15, 0.2) is 36.5 Å². The topological polar surface area (TPSA) is 95.2 Å². The molecule has 1 aromatic heterocycles. The maximum atomic E-state index is 12.2. The summed E-state index contributed by atoms with van der Waals surface area (Å²) in [4.78, 5) is 28.6. The van der Waals surface area contributed by atoms with E-state index in [9.17, 15) is 9.59 Å². The van der Waals surface area contributed by atoms with Gasteiger partial charge in [0.25, 0.3) is 0 Å². The highest BCUT2D eigenvalue weighted by atomic mass is 16.2. The van der Waals surface area contributed by atoms with Crippen LogP contribution in [-0.2, 0) is 9.59 Å². The van der Waals surface area contributed by atoms with Gasteiger partial charge in [0.15, 0.2) is 0 Å². The summed E-state index contributed by atoms with van der Waals surface area (Å²) >= 11 is 0. The largest absolute Gasteiger partial charge is 0.346 e. The van der Waals surface area contributed by atoms with Crippen LogP contribution in [0.25, 0.3) is 10.9 Å². The third-order valence-electron chi connectivity index (χ3n) is 4.38. The van der Waals surface area contributed by atoms with Gasteiger partial charge < -0.3 is 10.6 Å². The Balaban J connectivity index is 1.54. The number of nitrogens with zero attached hydrogens (tertiary/aromatic N) is 1. The van der Waals surface area contributed by atoms with Crippen LogP contribution in [0.5, 0.6) is 0 Å². The molecule has 25 heavy (non-hydrogen) atoms. The first-order chi connectivity index (χ1) is 12.0. The van der Waals surface area contributed by atoms with E-state index < -0.39 is 0 Å². The fourth-order valence-electron chi connectivity index (χ4n) is 2.88. The van der Waals surface area contributed by atoms with E-state index in [4.69, 9.17) is 0 Å². The molecule has 0 saturated carbocycles. The van der Waals surface area contributed by atoms with Crippen molar-refractivity contribution in [3.63, 3.8) is 0 Å². The lowest BCUT2D eigenvalue weighted by molar-refractivity contribution is -0.125. The van der Waals surface area contributed by atoms with Gasteiger partial charge in [-0.05, 0) is 24.5 Å². The summed E-state index contributed by atoms with van der Waals surface area (Å²) < 4.78 is 0. The van der Waals surface area contributed by atoms with Crippen LogP contribution in [0.1, 0.15) is 20.3 Å². The van der Waals surface area contributed by atoms with Gasteiger partial charge in [0.1, 0.15) is 6.04 Å². The summed E-state index contributed by atoms with van der Waals surface area (Å²) in [5.41, 5.74) is 7.46. The summed E-state index contributed by atoms with van der Waals surface area (Å²) in [5.74, 6) is -0.0211. The van der Waals surface area contributed by atoms with Gasteiger partial charge in [-0.3, -0.25) is 20.0 Å². The van der Waals surface area contributed by atoms with Crippen molar-refractivity contribution in [3.8, 4) is 0 Å². The molecule has 0 spiro atoms. The molecule has 1 aliphatic rings. The fraction of sp³-hybridized carbons (Fsp3) is 0.389. The van der Waals surface area contributed by atoms with Gasteiger partial charge in [-0.1, -0.05) is 32.0 Å². The number of pyridine rings is 1. The number of aromatic nitrogens is 1. The second kappa shape index (κ2) is 7.58. The van der Waals surface area contributed by atoms with Gasteiger partial charge in [0, 0.05) is 17.6 Å². The Morgan fingerprint density at radius 3 is 2.80 bits per heavy atom. The molecule has 132 valence electrons. The molecule has 0 radical (unpaired) electrons. The highest BCUT2D eigenvalue weighted by Gasteiger charge is 2.30. The first-order valence-corrected chi connectivity index (χ1v) is 8.47. The van der Waals surface area contributed by atoms with Crippen molar-refractivity contribution in [1.29, 1.82) is 0 Å². The van der Waals surface area contributed by atoms with Gasteiger partial charge >= 0.3 is 0 Å². The Hall–Kier alpha value is -2.51. The van der Waals surface area contributed by atoms with Crippen LogP contribution in [-0.4, -0.2) is 35.4 Å². The zero-order chi connectivity index (χ0) is 17.8. The molecule has 7 heteroatoms. The van der Waals surface area contributed by atoms with E-state index in [2.05, 4.69) is 40.3 Å². The number of anilines is 1. The number of hydrazine groups is 1. The minimum absolute atomic E-state index is 0.0768. The van der Waals surface area contributed by atoms with Crippen molar-refractivity contribution >= 4 is 28.4 Å². The normalized spacial score (nSPS) is 20.0. The second-order valence-corrected chi connectivity index (χ2v) is 6.57. The first-order valence-electron chi connectivity index (χ1n) is 8.47. The molecular weight excluding hydrogens is 318 g/mol. The van der Waals surface area contributed by atoms with Gasteiger partial charge in [-0.2, -0.15) is 0 Å². The number of carbonyl (C=O) groups is 2. The third kappa shape index (κ3) is 4.12. The molecule has 1 fully saturated rings. The minimum atomic E-state index is -0.320. The predicted molar refractivity (Wildman–Crippen MR) is 96.7 cm³/mol. The van der Waals surface area contributed by atoms with E-state index in [1.165, 1.54) is 0 Å². The lowest BCUT2D eigenvalue weighted by Crippen LogP contribution is -2.45. The number of benzene rings is 1. The van der Waals surface area contributed by atoms with Crippen LogP contribution >= 0.6 is 0 Å². The van der Waals surface area contributed by atoms with Crippen LogP contribution < -0.4 is 21.5 Å². The number of amides is 2. The van der Waals surface area contributed by atoms with E-state index in [0.717, 1.165) is 10.9 Å². The molecule has 0 bridgehead atoms. The van der Waals surface area contributed by atoms with Crippen molar-refractivity contribution < 1.29 is 9.59 Å². The molecule has 0 aliphatic carbocycles. The van der Waals surface area contributed by atoms with Crippen molar-refractivity contribution in [2.75, 3.05) is 11.9 Å². The van der Waals surface area contributed by atoms with Gasteiger partial charge in [0.2, 0.25) is 11.8 Å². The molecule has 2 unspecified atom stereocenters. The number of nitrogens with one attached hydrogen (secondary N) is 4. The van der Waals surface area contributed by atoms with Gasteiger partial charge in [0.05, 0.1) is 17.7 Å². The van der Waals surface area contributed by atoms with E-state index in [1.807, 2.05) is 24.3 Å². The van der Waals surface area contributed by atoms with Crippen molar-refractivity contribution in [2.24, 2.45) is 5.92 Å². The molecule has 2 amide bonds. The minimum Gasteiger partial charge on any atom is -0.346 e. The summed E-state index contributed by atoms with van der Waals surface area (Å²) in [5, 5.41) is 6.43. The van der Waals surface area contributed by atoms with Gasteiger partial charge in [-0.15, -0.1) is 0 Å². The quantitative estimate of drug-likeness (QED) is 0.655. The molecule has 7 nitrogen and oxygen atoms in total. The molecule has 3 rings (SSSR count). The lowest BCUT2D eigenvalue weighted by Gasteiger charge is -2.13. The van der Waals surface area contributed by atoms with E-state index in [-0.39, 0.29) is 30.4 Å². The highest BCUT2D eigenvalue weighted by Crippen LogP contribution is 2.20. The summed E-state index contributed by atoms with van der Waals surface area (Å²) in [7, 11) is 0. The Bertz CT molecular complexity index is 772. The summed E-state index contributed by atoms with van der Waals surface area (Å²) in [6.45, 7) is 4.13. The maximum absolute atomic E-state index is 12.2. The van der Waals surface area contributed by atoms with Crippen LogP contribution in [0, 0.1) is 5.92 Å². The Kier molecular flexibility index (Phi) is 5.25. The zero-order valence-corrected chi connectivity index (χ0v) is 14.4. The zero-order valence-electron chi connectivity index (χ0n) is 14.4. The lowest BCUT2D eigenvalue weighted by atomic mass is 9.99. The first kappa shape index (κ1) is 17.3. The molecule has 2 aromatic rings. The van der Waals surface area contributed by atoms with E-state index in [0.29, 0.717) is 18.0 Å². The number of hydrogen-bond acceptors (Lipinski definition) is 5. The van der Waals surface area contributed by atoms with Crippen LogP contribution in [0.4, 0.5) is 5.69 Å².